The van der Waals surface area contributed by atoms with E-state index in [0.717, 1.165) is 13.7 Å². The highest BCUT2D eigenvalue weighted by Crippen LogP contribution is 2.21. The van der Waals surface area contributed by atoms with Crippen LogP contribution in [0.25, 0.3) is 0 Å². The topological polar surface area (TPSA) is 78.5 Å². The van der Waals surface area contributed by atoms with Crippen LogP contribution in [0.2, 0.25) is 0 Å². The molecular weight excluding hydrogens is 262 g/mol. The van der Waals surface area contributed by atoms with Gasteiger partial charge >= 0.3 is 17.1 Å². The van der Waals surface area contributed by atoms with Gasteiger partial charge in [0.2, 0.25) is 0 Å². The quantitative estimate of drug-likeness (QED) is 0.511. The second kappa shape index (κ2) is 5.46. The van der Waals surface area contributed by atoms with E-state index in [4.69, 9.17) is 4.74 Å². The molecule has 7 nitrogen and oxygen atoms in total. The lowest BCUT2D eigenvalue weighted by molar-refractivity contribution is 0.347. The third-order valence-electron chi connectivity index (χ3n) is 3.21. The molecule has 2 rings (SSSR count). The predicted octanol–water partition coefficient (Wildman–Crippen LogP) is -0.669. The van der Waals surface area contributed by atoms with Crippen LogP contribution in [0.4, 0.5) is 0 Å². The molecule has 0 bridgehead atoms. The first-order chi connectivity index (χ1) is 9.51. The highest BCUT2D eigenvalue weighted by molar-refractivity contribution is 4.88. The van der Waals surface area contributed by atoms with Crippen molar-refractivity contribution in [2.75, 3.05) is 0 Å². The van der Waals surface area contributed by atoms with Crippen molar-refractivity contribution in [2.45, 2.75) is 38.8 Å². The predicted molar refractivity (Wildman–Crippen MR) is 74.0 cm³/mol. The molecule has 2 heterocycles. The fourth-order valence-corrected chi connectivity index (χ4v) is 2.01. The van der Waals surface area contributed by atoms with Crippen molar-refractivity contribution in [1.29, 1.82) is 0 Å². The average molecular weight is 279 g/mol. The third-order valence-corrected chi connectivity index (χ3v) is 3.21. The molecule has 1 aromatic rings. The van der Waals surface area contributed by atoms with Gasteiger partial charge in [0, 0.05) is 0 Å². The van der Waals surface area contributed by atoms with Crippen molar-refractivity contribution in [2.24, 2.45) is 0 Å². The largest absolute Gasteiger partial charge is 0.368 e. The summed E-state index contributed by atoms with van der Waals surface area (Å²) < 4.78 is 8.21. The van der Waals surface area contributed by atoms with Crippen LogP contribution in [0.15, 0.2) is 39.7 Å². The summed E-state index contributed by atoms with van der Waals surface area (Å²) in [7, 11) is 0. The minimum atomic E-state index is -0.652. The Morgan fingerprint density at radius 1 is 1.00 bits per heavy atom. The molecule has 0 aromatic carbocycles. The van der Waals surface area contributed by atoms with E-state index >= 15 is 0 Å². The van der Waals surface area contributed by atoms with E-state index in [1.165, 1.54) is 12.2 Å². The van der Waals surface area contributed by atoms with Gasteiger partial charge in [0.25, 0.3) is 0 Å². The molecule has 1 saturated heterocycles. The van der Waals surface area contributed by atoms with E-state index in [9.17, 15) is 14.4 Å². The Morgan fingerprint density at radius 2 is 1.40 bits per heavy atom. The van der Waals surface area contributed by atoms with Gasteiger partial charge in [-0.1, -0.05) is 12.2 Å². The Balaban J connectivity index is 2.62. The van der Waals surface area contributed by atoms with Crippen LogP contribution in [0.5, 0.6) is 0 Å². The van der Waals surface area contributed by atoms with Gasteiger partial charge in [-0.2, -0.15) is 0 Å². The summed E-state index contributed by atoms with van der Waals surface area (Å²) in [6.45, 7) is 9.13. The Bertz CT molecular complexity index is 662. The summed E-state index contributed by atoms with van der Waals surface area (Å²) in [5.41, 5.74) is -1.92. The molecule has 0 N–H and O–H groups in total. The molecular formula is C13H17N3O4. The van der Waals surface area contributed by atoms with Crippen molar-refractivity contribution in [3.8, 4) is 0 Å². The van der Waals surface area contributed by atoms with Gasteiger partial charge in [0.05, 0.1) is 25.7 Å². The summed E-state index contributed by atoms with van der Waals surface area (Å²) in [6, 6.07) is 0. The normalized spacial score (nSPS) is 20.6. The summed E-state index contributed by atoms with van der Waals surface area (Å²) in [5, 5.41) is 0. The van der Waals surface area contributed by atoms with Gasteiger partial charge in [-0.05, 0) is 6.92 Å². The Labute approximate surface area is 115 Å². The molecule has 1 aliphatic heterocycles. The van der Waals surface area contributed by atoms with E-state index in [1.807, 2.05) is 6.92 Å². The van der Waals surface area contributed by atoms with Gasteiger partial charge < -0.3 is 4.74 Å². The van der Waals surface area contributed by atoms with Gasteiger partial charge in [-0.15, -0.1) is 13.2 Å². The number of hydrogen-bond donors (Lipinski definition) is 0. The van der Waals surface area contributed by atoms with E-state index in [-0.39, 0.29) is 31.8 Å². The SMILES string of the molecule is C=CCn1c(=O)n(CC=C)c(=O)n(CC2OC2C)c1=O. The zero-order chi connectivity index (χ0) is 14.9. The maximum absolute atomic E-state index is 12.2. The third kappa shape index (κ3) is 2.44. The van der Waals surface area contributed by atoms with Crippen molar-refractivity contribution in [1.82, 2.24) is 13.7 Å². The molecule has 0 spiro atoms. The molecule has 20 heavy (non-hydrogen) atoms. The molecule has 1 aromatic heterocycles. The lowest BCUT2D eigenvalue weighted by Crippen LogP contribution is -2.54. The first-order valence-electron chi connectivity index (χ1n) is 6.33. The summed E-state index contributed by atoms with van der Waals surface area (Å²) in [6.07, 6.45) is 2.74. The Hall–Kier alpha value is -2.15. The van der Waals surface area contributed by atoms with Gasteiger partial charge in [0.15, 0.2) is 0 Å². The molecule has 7 heteroatoms. The number of epoxide rings is 1. The summed E-state index contributed by atoms with van der Waals surface area (Å²) in [4.78, 5) is 36.5. The zero-order valence-electron chi connectivity index (χ0n) is 11.3. The number of rotatable bonds is 6. The summed E-state index contributed by atoms with van der Waals surface area (Å²) >= 11 is 0. The lowest BCUT2D eigenvalue weighted by Gasteiger charge is -2.11. The smallest absolute Gasteiger partial charge is 0.336 e. The standard InChI is InChI=1S/C13H17N3O4/c1-4-6-14-11(17)15(7-5-2)13(19)16(12(14)18)8-10-9(3)20-10/h4-5,9-10H,1-2,6-8H2,3H3. The second-order valence-electron chi connectivity index (χ2n) is 4.64. The zero-order valence-corrected chi connectivity index (χ0v) is 11.3. The van der Waals surface area contributed by atoms with Gasteiger partial charge in [-0.25, -0.2) is 28.1 Å². The van der Waals surface area contributed by atoms with Gasteiger partial charge in [0.1, 0.15) is 6.10 Å². The van der Waals surface area contributed by atoms with E-state index in [0.29, 0.717) is 0 Å². The van der Waals surface area contributed by atoms with Crippen LogP contribution in [0.3, 0.4) is 0 Å². The fourth-order valence-electron chi connectivity index (χ4n) is 2.01. The highest BCUT2D eigenvalue weighted by Gasteiger charge is 2.35. The van der Waals surface area contributed by atoms with Crippen molar-refractivity contribution in [3.05, 3.63) is 56.8 Å². The molecule has 0 saturated carbocycles. The van der Waals surface area contributed by atoms with Crippen molar-refractivity contribution >= 4 is 0 Å². The maximum atomic E-state index is 12.2. The minimum absolute atomic E-state index is 0.0222. The van der Waals surface area contributed by atoms with E-state index in [2.05, 4.69) is 13.2 Å². The van der Waals surface area contributed by atoms with Crippen LogP contribution < -0.4 is 17.1 Å². The Kier molecular flexibility index (Phi) is 3.89. The van der Waals surface area contributed by atoms with Crippen LogP contribution in [-0.4, -0.2) is 25.9 Å². The van der Waals surface area contributed by atoms with Gasteiger partial charge in [-0.3, -0.25) is 0 Å². The first-order valence-corrected chi connectivity index (χ1v) is 6.33. The second-order valence-corrected chi connectivity index (χ2v) is 4.64. The van der Waals surface area contributed by atoms with E-state index in [1.54, 1.807) is 0 Å². The number of aromatic nitrogens is 3. The molecule has 2 unspecified atom stereocenters. The van der Waals surface area contributed by atoms with Crippen LogP contribution in [0, 0.1) is 0 Å². The van der Waals surface area contributed by atoms with Crippen LogP contribution in [-0.2, 0) is 24.4 Å². The molecule has 0 aliphatic carbocycles. The molecule has 0 radical (unpaired) electrons. The fraction of sp³-hybridized carbons (Fsp3) is 0.462. The average Bonchev–Trinajstić information content (AvgIpc) is 3.11. The molecule has 1 fully saturated rings. The molecule has 2 atom stereocenters. The minimum Gasteiger partial charge on any atom is -0.368 e. The van der Waals surface area contributed by atoms with Crippen LogP contribution in [0.1, 0.15) is 6.92 Å². The number of hydrogen-bond acceptors (Lipinski definition) is 4. The number of nitrogens with zero attached hydrogens (tertiary/aromatic N) is 3. The summed E-state index contributed by atoms with van der Waals surface area (Å²) in [5.74, 6) is 0. The molecule has 1 aliphatic rings. The monoisotopic (exact) mass is 279 g/mol. The van der Waals surface area contributed by atoms with Crippen LogP contribution >= 0.6 is 0 Å². The highest BCUT2D eigenvalue weighted by atomic mass is 16.6. The van der Waals surface area contributed by atoms with Crippen molar-refractivity contribution < 1.29 is 4.74 Å². The molecule has 108 valence electrons. The number of allylic oxidation sites excluding steroid dienone is 2. The molecule has 0 amide bonds. The first kappa shape index (κ1) is 14.3. The maximum Gasteiger partial charge on any atom is 0.336 e. The lowest BCUT2D eigenvalue weighted by atomic mass is 10.3. The number of ether oxygens (including phenoxy) is 1. The van der Waals surface area contributed by atoms with Crippen molar-refractivity contribution in [3.63, 3.8) is 0 Å². The Morgan fingerprint density at radius 3 is 1.75 bits per heavy atom. The van der Waals surface area contributed by atoms with E-state index < -0.39 is 17.1 Å².